The van der Waals surface area contributed by atoms with Crippen LogP contribution in [0.5, 0.6) is 0 Å². The smallest absolute Gasteiger partial charge is 0.408 e. The summed E-state index contributed by atoms with van der Waals surface area (Å²) in [4.78, 5) is 61.6. The molecule has 0 aliphatic heterocycles. The average molecular weight is 601 g/mol. The third kappa shape index (κ3) is 13.1. The molecule has 2 aromatic carbocycles. The fourth-order valence-electron chi connectivity index (χ4n) is 4.05. The largest absolute Gasteiger partial charge is 0.467 e. The first-order valence-corrected chi connectivity index (χ1v) is 15.1. The van der Waals surface area contributed by atoms with Crippen molar-refractivity contribution in [1.29, 1.82) is 0 Å². The van der Waals surface area contributed by atoms with E-state index in [4.69, 9.17) is 9.47 Å². The van der Waals surface area contributed by atoms with Gasteiger partial charge >= 0.3 is 12.1 Å². The highest BCUT2D eigenvalue weighted by Gasteiger charge is 2.28. The fourth-order valence-corrected chi connectivity index (χ4v) is 4.52. The molecular weight excluding hydrogens is 560 g/mol. The molecule has 0 unspecified atom stereocenters. The van der Waals surface area contributed by atoms with Gasteiger partial charge in [-0.3, -0.25) is 14.4 Å². The van der Waals surface area contributed by atoms with Crippen LogP contribution in [0.15, 0.2) is 60.7 Å². The molecule has 0 fully saturated rings. The van der Waals surface area contributed by atoms with Crippen molar-refractivity contribution in [2.75, 3.05) is 25.7 Å². The van der Waals surface area contributed by atoms with E-state index in [1.807, 2.05) is 66.9 Å². The molecule has 2 aromatic rings. The summed E-state index contributed by atoms with van der Waals surface area (Å²) in [5.74, 6) is -0.733. The molecule has 12 heteroatoms. The summed E-state index contributed by atoms with van der Waals surface area (Å²) in [6.45, 7) is 0.346. The molecule has 228 valence electrons. The van der Waals surface area contributed by atoms with Crippen molar-refractivity contribution >= 4 is 42.0 Å². The predicted molar refractivity (Wildman–Crippen MR) is 160 cm³/mol. The van der Waals surface area contributed by atoms with Gasteiger partial charge in [-0.2, -0.15) is 11.8 Å². The predicted octanol–water partition coefficient (Wildman–Crippen LogP) is 2.34. The van der Waals surface area contributed by atoms with Crippen molar-refractivity contribution in [2.24, 2.45) is 0 Å². The Bertz CT molecular complexity index is 1120. The van der Waals surface area contributed by atoms with Gasteiger partial charge in [0.05, 0.1) is 7.11 Å². The molecule has 0 aliphatic rings. The number of carbonyl (C=O) groups is 5. The van der Waals surface area contributed by atoms with Gasteiger partial charge in [0.25, 0.3) is 0 Å². The Hall–Kier alpha value is -4.06. The number of esters is 1. The van der Waals surface area contributed by atoms with Gasteiger partial charge in [-0.25, -0.2) is 9.59 Å². The lowest BCUT2D eigenvalue weighted by Crippen LogP contribution is -2.52. The maximum atomic E-state index is 13.3. The number of carbonyl (C=O) groups excluding carboxylic acids is 5. The summed E-state index contributed by atoms with van der Waals surface area (Å²) in [7, 11) is 1.24. The van der Waals surface area contributed by atoms with Gasteiger partial charge in [0, 0.05) is 13.0 Å². The molecule has 0 saturated heterocycles. The van der Waals surface area contributed by atoms with Gasteiger partial charge in [-0.05, 0) is 48.8 Å². The highest BCUT2D eigenvalue weighted by atomic mass is 32.2. The topological polar surface area (TPSA) is 152 Å². The van der Waals surface area contributed by atoms with Crippen molar-refractivity contribution in [3.63, 3.8) is 0 Å². The van der Waals surface area contributed by atoms with Crippen LogP contribution >= 0.6 is 11.8 Å². The normalized spacial score (nSPS) is 12.6. The van der Waals surface area contributed by atoms with Crippen molar-refractivity contribution in [3.8, 4) is 0 Å². The Labute approximate surface area is 250 Å². The lowest BCUT2D eigenvalue weighted by Gasteiger charge is -2.22. The van der Waals surface area contributed by atoms with E-state index in [1.54, 1.807) is 11.8 Å². The van der Waals surface area contributed by atoms with Crippen LogP contribution in [0.2, 0.25) is 0 Å². The SMILES string of the molecule is COC(=O)[C@H](Cc1ccccc1)NC(=O)[C@H](CCCCNC(=O)[C@H](CCSC)NC=O)NC(=O)OCc1ccccc1. The Balaban J connectivity index is 2.00. The minimum Gasteiger partial charge on any atom is -0.467 e. The Morgan fingerprint density at radius 1 is 0.833 bits per heavy atom. The maximum absolute atomic E-state index is 13.3. The van der Waals surface area contributed by atoms with Gasteiger partial charge in [-0.1, -0.05) is 60.7 Å². The van der Waals surface area contributed by atoms with E-state index in [2.05, 4.69) is 21.3 Å². The molecule has 11 nitrogen and oxygen atoms in total. The second-order valence-corrected chi connectivity index (χ2v) is 10.4. The van der Waals surface area contributed by atoms with E-state index in [1.165, 1.54) is 7.11 Å². The van der Waals surface area contributed by atoms with E-state index in [9.17, 15) is 24.0 Å². The molecule has 0 heterocycles. The maximum Gasteiger partial charge on any atom is 0.408 e. The van der Waals surface area contributed by atoms with Gasteiger partial charge in [0.1, 0.15) is 24.7 Å². The lowest BCUT2D eigenvalue weighted by molar-refractivity contribution is -0.145. The number of hydrogen-bond donors (Lipinski definition) is 4. The van der Waals surface area contributed by atoms with Gasteiger partial charge < -0.3 is 30.7 Å². The van der Waals surface area contributed by atoms with Crippen molar-refractivity contribution < 1.29 is 33.4 Å². The van der Waals surface area contributed by atoms with Crippen LogP contribution in [0, 0.1) is 0 Å². The van der Waals surface area contributed by atoms with Crippen molar-refractivity contribution in [1.82, 2.24) is 21.3 Å². The molecule has 4 N–H and O–H groups in total. The van der Waals surface area contributed by atoms with Gasteiger partial charge in [0.2, 0.25) is 18.2 Å². The number of benzene rings is 2. The Kier molecular flexibility index (Phi) is 16.2. The van der Waals surface area contributed by atoms with E-state index in [-0.39, 0.29) is 25.4 Å². The number of unbranched alkanes of at least 4 members (excludes halogenated alkanes) is 1. The third-order valence-corrected chi connectivity index (χ3v) is 6.97. The standard InChI is InChI=1S/C30H40N4O7S/c1-40-29(38)26(19-22-11-5-3-6-12-22)33-28(37)25(34-30(39)41-20-23-13-7-4-8-14-23)15-9-10-17-31-27(36)24(32-21-35)16-18-42-2/h3-8,11-14,21,24-26H,9-10,15-20H2,1-2H3,(H,31,36)(H,32,35)(H,33,37)(H,34,39)/t24-,25-,26-/m0/s1. The molecule has 0 spiro atoms. The number of rotatable bonds is 19. The highest BCUT2D eigenvalue weighted by molar-refractivity contribution is 7.98. The molecule has 0 bridgehead atoms. The van der Waals surface area contributed by atoms with Crippen LogP contribution < -0.4 is 21.3 Å². The minimum atomic E-state index is -1.00. The van der Waals surface area contributed by atoms with Crippen LogP contribution in [-0.4, -0.2) is 74.1 Å². The summed E-state index contributed by atoms with van der Waals surface area (Å²) in [6, 6.07) is 15.7. The first-order valence-electron chi connectivity index (χ1n) is 13.7. The van der Waals surface area contributed by atoms with Crippen LogP contribution in [0.3, 0.4) is 0 Å². The van der Waals surface area contributed by atoms with Crippen LogP contribution in [-0.2, 0) is 41.7 Å². The first-order chi connectivity index (χ1) is 20.4. The zero-order valence-corrected chi connectivity index (χ0v) is 24.8. The van der Waals surface area contributed by atoms with Gasteiger partial charge in [0.15, 0.2) is 0 Å². The third-order valence-electron chi connectivity index (χ3n) is 6.32. The molecule has 3 atom stereocenters. The number of ether oxygens (including phenoxy) is 2. The van der Waals surface area contributed by atoms with E-state index in [0.717, 1.165) is 16.9 Å². The summed E-state index contributed by atoms with van der Waals surface area (Å²) in [5, 5.41) is 10.6. The minimum absolute atomic E-state index is 0.0262. The van der Waals surface area contributed by atoms with Gasteiger partial charge in [-0.15, -0.1) is 0 Å². The molecule has 0 aliphatic carbocycles. The van der Waals surface area contributed by atoms with Crippen LogP contribution in [0.1, 0.15) is 36.8 Å². The van der Waals surface area contributed by atoms with Crippen LogP contribution in [0.25, 0.3) is 0 Å². The fraction of sp³-hybridized carbons (Fsp3) is 0.433. The molecule has 42 heavy (non-hydrogen) atoms. The number of methoxy groups -OCH3 is 1. The van der Waals surface area contributed by atoms with Crippen molar-refractivity contribution in [2.45, 2.75) is 56.8 Å². The first kappa shape index (κ1) is 34.1. The lowest BCUT2D eigenvalue weighted by atomic mass is 10.0. The Morgan fingerprint density at radius 2 is 1.50 bits per heavy atom. The highest BCUT2D eigenvalue weighted by Crippen LogP contribution is 2.08. The second-order valence-electron chi connectivity index (χ2n) is 9.44. The summed E-state index contributed by atoms with van der Waals surface area (Å²) < 4.78 is 10.2. The second kappa shape index (κ2) is 19.9. The molecule has 4 amide bonds. The Morgan fingerprint density at radius 3 is 2.12 bits per heavy atom. The number of thioether (sulfide) groups is 1. The van der Waals surface area contributed by atoms with E-state index < -0.39 is 36.1 Å². The quantitative estimate of drug-likeness (QED) is 0.109. The molecule has 0 saturated carbocycles. The van der Waals surface area contributed by atoms with Crippen LogP contribution in [0.4, 0.5) is 4.79 Å². The number of alkyl carbamates (subject to hydrolysis) is 1. The summed E-state index contributed by atoms with van der Waals surface area (Å²) >= 11 is 1.58. The van der Waals surface area contributed by atoms with E-state index >= 15 is 0 Å². The van der Waals surface area contributed by atoms with E-state index in [0.29, 0.717) is 32.2 Å². The summed E-state index contributed by atoms with van der Waals surface area (Å²) in [6.07, 6.45) is 3.58. The van der Waals surface area contributed by atoms with Crippen molar-refractivity contribution in [3.05, 3.63) is 71.8 Å². The molecular formula is C30H40N4O7S. The number of nitrogens with one attached hydrogen (secondary N) is 4. The molecule has 2 rings (SSSR count). The zero-order chi connectivity index (χ0) is 30.6. The molecule has 0 radical (unpaired) electrons. The molecule has 0 aromatic heterocycles. The monoisotopic (exact) mass is 600 g/mol. The number of hydrogen-bond acceptors (Lipinski definition) is 8. The average Bonchev–Trinajstić information content (AvgIpc) is 3.01. The number of amides is 4. The zero-order valence-electron chi connectivity index (χ0n) is 24.0. The summed E-state index contributed by atoms with van der Waals surface area (Å²) in [5.41, 5.74) is 1.62.